The Morgan fingerprint density at radius 2 is 1.50 bits per heavy atom. The van der Waals surface area contributed by atoms with Crippen LogP contribution < -0.4 is 5.32 Å². The Morgan fingerprint density at radius 1 is 1.00 bits per heavy atom. The Balaban J connectivity index is 3.20. The Labute approximate surface area is 112 Å². The third-order valence-corrected chi connectivity index (χ3v) is 3.10. The van der Waals surface area contributed by atoms with Crippen molar-refractivity contribution in [2.45, 2.75) is 84.1 Å². The van der Waals surface area contributed by atoms with Crippen LogP contribution in [0.5, 0.6) is 0 Å². The Bertz CT molecular complexity index is 217. The molecule has 18 heavy (non-hydrogen) atoms. The molecule has 0 aliphatic carbocycles. The number of unbranched alkanes of at least 4 members (excludes halogenated alkanes) is 8. The van der Waals surface area contributed by atoms with Crippen LogP contribution in [0, 0.1) is 0 Å². The Morgan fingerprint density at radius 3 is 2.00 bits per heavy atom. The van der Waals surface area contributed by atoms with Gasteiger partial charge in [-0.3, -0.25) is 4.79 Å². The smallest absolute Gasteiger partial charge is 0.220 e. The molecule has 1 atom stereocenters. The molecule has 0 aromatic heterocycles. The number of hydrogen-bond acceptors (Lipinski definition) is 2. The van der Waals surface area contributed by atoms with Crippen LogP contribution in [0.2, 0.25) is 0 Å². The van der Waals surface area contributed by atoms with Crippen molar-refractivity contribution in [1.29, 1.82) is 0 Å². The molecule has 0 aromatic carbocycles. The molecule has 0 fully saturated rings. The van der Waals surface area contributed by atoms with Crippen molar-refractivity contribution in [3.05, 3.63) is 0 Å². The maximum Gasteiger partial charge on any atom is 0.220 e. The van der Waals surface area contributed by atoms with Crippen LogP contribution in [0.3, 0.4) is 0 Å². The van der Waals surface area contributed by atoms with Crippen LogP contribution >= 0.6 is 0 Å². The van der Waals surface area contributed by atoms with Gasteiger partial charge >= 0.3 is 0 Å². The fourth-order valence-electron chi connectivity index (χ4n) is 1.96. The lowest BCUT2D eigenvalue weighted by Gasteiger charge is -2.07. The molecule has 0 rings (SSSR count). The number of rotatable bonds is 12. The molecule has 3 nitrogen and oxygen atoms in total. The first-order valence-electron chi connectivity index (χ1n) is 7.45. The molecule has 1 amide bonds. The Hall–Kier alpha value is -0.860. The summed E-state index contributed by atoms with van der Waals surface area (Å²) in [7, 11) is 0. The molecule has 0 spiro atoms. The molecule has 3 heteroatoms. The van der Waals surface area contributed by atoms with Crippen LogP contribution in [0.15, 0.2) is 0 Å². The lowest BCUT2D eigenvalue weighted by atomic mass is 10.1. The van der Waals surface area contributed by atoms with Crippen LogP contribution in [-0.2, 0) is 9.59 Å². The van der Waals surface area contributed by atoms with Crippen LogP contribution in [0.1, 0.15) is 78.1 Å². The van der Waals surface area contributed by atoms with Crippen molar-refractivity contribution in [2.75, 3.05) is 0 Å². The van der Waals surface area contributed by atoms with Gasteiger partial charge in [0.15, 0.2) is 0 Å². The van der Waals surface area contributed by atoms with E-state index in [2.05, 4.69) is 12.2 Å². The zero-order valence-electron chi connectivity index (χ0n) is 12.0. The van der Waals surface area contributed by atoms with Crippen molar-refractivity contribution in [2.24, 2.45) is 0 Å². The molecule has 0 unspecified atom stereocenters. The first kappa shape index (κ1) is 17.1. The maximum absolute atomic E-state index is 11.3. The summed E-state index contributed by atoms with van der Waals surface area (Å²) < 4.78 is 0. The van der Waals surface area contributed by atoms with Crippen LogP contribution in [0.25, 0.3) is 0 Å². The van der Waals surface area contributed by atoms with Crippen molar-refractivity contribution >= 4 is 12.2 Å². The molecular formula is C15H29NO2. The number of aldehydes is 1. The summed E-state index contributed by atoms with van der Waals surface area (Å²) in [6.07, 6.45) is 12.6. The van der Waals surface area contributed by atoms with Gasteiger partial charge in [-0.25, -0.2) is 0 Å². The summed E-state index contributed by atoms with van der Waals surface area (Å²) >= 11 is 0. The minimum atomic E-state index is -0.351. The van der Waals surface area contributed by atoms with E-state index in [1.165, 1.54) is 44.9 Å². The monoisotopic (exact) mass is 255 g/mol. The quantitative estimate of drug-likeness (QED) is 0.428. The zero-order chi connectivity index (χ0) is 13.6. The minimum absolute atomic E-state index is 0.00227. The highest BCUT2D eigenvalue weighted by molar-refractivity contribution is 5.79. The molecule has 106 valence electrons. The van der Waals surface area contributed by atoms with Crippen molar-refractivity contribution in [3.8, 4) is 0 Å². The number of carbonyl (C=O) groups excluding carboxylic acids is 2. The molecule has 0 radical (unpaired) electrons. The van der Waals surface area contributed by atoms with E-state index in [4.69, 9.17) is 0 Å². The predicted octanol–water partition coefficient (Wildman–Crippen LogP) is 3.61. The van der Waals surface area contributed by atoms with Gasteiger partial charge in [0, 0.05) is 6.42 Å². The molecule has 0 aromatic rings. The van der Waals surface area contributed by atoms with Gasteiger partial charge in [0.2, 0.25) is 5.91 Å². The van der Waals surface area contributed by atoms with E-state index < -0.39 is 0 Å². The number of carbonyl (C=O) groups is 2. The van der Waals surface area contributed by atoms with Gasteiger partial charge in [-0.2, -0.15) is 0 Å². The minimum Gasteiger partial charge on any atom is -0.347 e. The highest BCUT2D eigenvalue weighted by Gasteiger charge is 2.04. The molecule has 0 aliphatic rings. The number of hydrogen-bond donors (Lipinski definition) is 1. The fourth-order valence-corrected chi connectivity index (χ4v) is 1.96. The first-order valence-corrected chi connectivity index (χ1v) is 7.45. The predicted molar refractivity (Wildman–Crippen MR) is 75.5 cm³/mol. The van der Waals surface area contributed by atoms with Gasteiger partial charge in [-0.1, -0.05) is 58.3 Å². The highest BCUT2D eigenvalue weighted by atomic mass is 16.2. The largest absolute Gasteiger partial charge is 0.347 e. The fraction of sp³-hybridized carbons (Fsp3) is 0.867. The first-order chi connectivity index (χ1) is 8.70. The van der Waals surface area contributed by atoms with E-state index in [9.17, 15) is 9.59 Å². The molecular weight excluding hydrogens is 226 g/mol. The van der Waals surface area contributed by atoms with Crippen molar-refractivity contribution < 1.29 is 9.59 Å². The normalized spacial score (nSPS) is 12.1. The SMILES string of the molecule is CCCCCCCCCCCC(=O)N[C@@H](C)C=O. The summed E-state index contributed by atoms with van der Waals surface area (Å²) in [5.41, 5.74) is 0. The molecule has 0 heterocycles. The van der Waals surface area contributed by atoms with Gasteiger partial charge in [0.05, 0.1) is 6.04 Å². The van der Waals surface area contributed by atoms with Gasteiger partial charge in [0.25, 0.3) is 0 Å². The van der Waals surface area contributed by atoms with E-state index in [-0.39, 0.29) is 11.9 Å². The van der Waals surface area contributed by atoms with E-state index in [0.29, 0.717) is 6.42 Å². The van der Waals surface area contributed by atoms with Gasteiger partial charge in [0.1, 0.15) is 6.29 Å². The molecule has 0 aliphatic heterocycles. The second kappa shape index (κ2) is 12.6. The van der Waals surface area contributed by atoms with E-state index >= 15 is 0 Å². The van der Waals surface area contributed by atoms with Crippen LogP contribution in [-0.4, -0.2) is 18.2 Å². The van der Waals surface area contributed by atoms with E-state index in [1.54, 1.807) is 6.92 Å². The van der Waals surface area contributed by atoms with Gasteiger partial charge in [-0.15, -0.1) is 0 Å². The Kier molecular flexibility index (Phi) is 12.0. The lowest BCUT2D eigenvalue weighted by molar-refractivity contribution is -0.123. The molecule has 0 saturated carbocycles. The summed E-state index contributed by atoms with van der Waals surface area (Å²) in [6, 6.07) is -0.351. The number of nitrogens with one attached hydrogen (secondary N) is 1. The van der Waals surface area contributed by atoms with Gasteiger partial charge in [-0.05, 0) is 13.3 Å². The maximum atomic E-state index is 11.3. The second-order valence-corrected chi connectivity index (χ2v) is 5.07. The van der Waals surface area contributed by atoms with Crippen molar-refractivity contribution in [1.82, 2.24) is 5.32 Å². The van der Waals surface area contributed by atoms with E-state index in [0.717, 1.165) is 19.1 Å². The van der Waals surface area contributed by atoms with E-state index in [1.807, 2.05) is 0 Å². The van der Waals surface area contributed by atoms with Crippen LogP contribution in [0.4, 0.5) is 0 Å². The van der Waals surface area contributed by atoms with Crippen molar-refractivity contribution in [3.63, 3.8) is 0 Å². The topological polar surface area (TPSA) is 46.2 Å². The second-order valence-electron chi connectivity index (χ2n) is 5.07. The average molecular weight is 255 g/mol. The third-order valence-electron chi connectivity index (χ3n) is 3.10. The molecule has 0 bridgehead atoms. The average Bonchev–Trinajstić information content (AvgIpc) is 2.36. The zero-order valence-corrected chi connectivity index (χ0v) is 12.0. The lowest BCUT2D eigenvalue weighted by Crippen LogP contribution is -2.33. The third kappa shape index (κ3) is 11.6. The molecule has 0 saturated heterocycles. The summed E-state index contributed by atoms with van der Waals surface area (Å²) in [4.78, 5) is 21.7. The standard InChI is InChI=1S/C15H29NO2/c1-3-4-5-6-7-8-9-10-11-12-15(18)16-14(2)13-17/h13-14H,3-12H2,1-2H3,(H,16,18)/t14-/m0/s1. The summed E-state index contributed by atoms with van der Waals surface area (Å²) in [5, 5.41) is 2.65. The summed E-state index contributed by atoms with van der Waals surface area (Å²) in [6.45, 7) is 3.93. The summed E-state index contributed by atoms with van der Waals surface area (Å²) in [5.74, 6) is -0.00227. The molecule has 1 N–H and O–H groups in total. The number of amides is 1. The highest BCUT2D eigenvalue weighted by Crippen LogP contribution is 2.10. The van der Waals surface area contributed by atoms with Gasteiger partial charge < -0.3 is 10.1 Å².